The summed E-state index contributed by atoms with van der Waals surface area (Å²) in [4.78, 5) is 34.7. The second-order valence-corrected chi connectivity index (χ2v) is 10.9. The van der Waals surface area contributed by atoms with Gasteiger partial charge in [0.2, 0.25) is 11.8 Å². The molecule has 0 radical (unpaired) electrons. The van der Waals surface area contributed by atoms with Gasteiger partial charge in [-0.25, -0.2) is 4.68 Å². The van der Waals surface area contributed by atoms with Crippen LogP contribution in [0.3, 0.4) is 0 Å². The highest BCUT2D eigenvalue weighted by Crippen LogP contribution is 2.33. The Labute approximate surface area is 234 Å². The van der Waals surface area contributed by atoms with Gasteiger partial charge < -0.3 is 5.32 Å². The number of nitrogens with one attached hydrogen (secondary N) is 1. The molecule has 204 valence electrons. The number of hydrogen-bond acceptors (Lipinski definition) is 5. The lowest BCUT2D eigenvalue weighted by molar-refractivity contribution is -0.128. The third kappa shape index (κ3) is 5.43. The number of benzene rings is 3. The standard InChI is InChI=1S/C32H34N6O2/c1-6-32(4,5)34-31(40)30(24-15-16-25-23(19-24)10-9-17-33-25)38(28-18-21(2)13-14-22(28)3)29(39)20-37-27-12-8-7-11-26(27)35-36-37/h7-19,30H,6,20H2,1-5H3,(H,34,40). The highest BCUT2D eigenvalue weighted by Gasteiger charge is 2.36. The van der Waals surface area contributed by atoms with Crippen LogP contribution >= 0.6 is 0 Å². The second-order valence-electron chi connectivity index (χ2n) is 10.9. The van der Waals surface area contributed by atoms with Crippen LogP contribution in [0.15, 0.2) is 79.0 Å². The summed E-state index contributed by atoms with van der Waals surface area (Å²) in [6.07, 6.45) is 2.47. The highest BCUT2D eigenvalue weighted by molar-refractivity contribution is 6.02. The fraction of sp³-hybridized carbons (Fsp3) is 0.281. The molecule has 5 aromatic rings. The number of para-hydroxylation sites is 1. The number of anilines is 1. The van der Waals surface area contributed by atoms with Crippen LogP contribution in [0.4, 0.5) is 5.69 Å². The number of pyridine rings is 1. The summed E-state index contributed by atoms with van der Waals surface area (Å²) >= 11 is 0. The van der Waals surface area contributed by atoms with Crippen LogP contribution in [0.25, 0.3) is 21.9 Å². The second kappa shape index (κ2) is 10.9. The van der Waals surface area contributed by atoms with Gasteiger partial charge in [-0.1, -0.05) is 48.5 Å². The number of carbonyl (C=O) groups is 2. The van der Waals surface area contributed by atoms with Crippen molar-refractivity contribution in [3.8, 4) is 0 Å². The van der Waals surface area contributed by atoms with Crippen molar-refractivity contribution in [2.45, 2.75) is 59.2 Å². The Balaban J connectivity index is 1.68. The number of rotatable bonds is 8. The lowest BCUT2D eigenvalue weighted by atomic mass is 9.96. The van der Waals surface area contributed by atoms with Crippen molar-refractivity contribution >= 4 is 39.4 Å². The Kier molecular flexibility index (Phi) is 7.34. The predicted molar refractivity (Wildman–Crippen MR) is 158 cm³/mol. The first-order chi connectivity index (χ1) is 19.2. The minimum Gasteiger partial charge on any atom is -0.349 e. The Morgan fingerprint density at radius 1 is 0.975 bits per heavy atom. The third-order valence-corrected chi connectivity index (χ3v) is 7.39. The van der Waals surface area contributed by atoms with Crippen LogP contribution < -0.4 is 10.2 Å². The smallest absolute Gasteiger partial charge is 0.249 e. The molecule has 3 aromatic carbocycles. The Hall–Kier alpha value is -4.59. The van der Waals surface area contributed by atoms with Gasteiger partial charge in [0.05, 0.1) is 11.0 Å². The van der Waals surface area contributed by atoms with E-state index in [4.69, 9.17) is 0 Å². The fourth-order valence-electron chi connectivity index (χ4n) is 4.81. The molecular weight excluding hydrogens is 500 g/mol. The van der Waals surface area contributed by atoms with E-state index in [0.717, 1.165) is 34.0 Å². The Morgan fingerprint density at radius 2 is 1.77 bits per heavy atom. The molecule has 0 aliphatic carbocycles. The van der Waals surface area contributed by atoms with E-state index in [1.54, 1.807) is 15.8 Å². The zero-order chi connectivity index (χ0) is 28.4. The Morgan fingerprint density at radius 3 is 2.58 bits per heavy atom. The molecule has 0 saturated heterocycles. The summed E-state index contributed by atoms with van der Waals surface area (Å²) in [7, 11) is 0. The largest absolute Gasteiger partial charge is 0.349 e. The molecule has 2 heterocycles. The van der Waals surface area contributed by atoms with Crippen molar-refractivity contribution < 1.29 is 9.59 Å². The summed E-state index contributed by atoms with van der Waals surface area (Å²) < 4.78 is 1.59. The molecule has 40 heavy (non-hydrogen) atoms. The molecule has 0 spiro atoms. The molecular formula is C32H34N6O2. The summed E-state index contributed by atoms with van der Waals surface area (Å²) in [6.45, 7) is 9.85. The van der Waals surface area contributed by atoms with Crippen LogP contribution in [0.1, 0.15) is 49.9 Å². The average Bonchev–Trinajstić information content (AvgIpc) is 3.35. The van der Waals surface area contributed by atoms with E-state index >= 15 is 0 Å². The van der Waals surface area contributed by atoms with E-state index < -0.39 is 11.6 Å². The van der Waals surface area contributed by atoms with Crippen molar-refractivity contribution in [3.63, 3.8) is 0 Å². The number of fused-ring (bicyclic) bond motifs is 2. The maximum absolute atomic E-state index is 14.4. The van der Waals surface area contributed by atoms with Gasteiger partial charge >= 0.3 is 0 Å². The van der Waals surface area contributed by atoms with Crippen LogP contribution in [0.2, 0.25) is 0 Å². The molecule has 2 amide bonds. The van der Waals surface area contributed by atoms with E-state index in [1.165, 1.54) is 0 Å². The maximum atomic E-state index is 14.4. The van der Waals surface area contributed by atoms with E-state index in [1.807, 2.05) is 107 Å². The van der Waals surface area contributed by atoms with Crippen molar-refractivity contribution in [3.05, 3.63) is 95.7 Å². The first-order valence-electron chi connectivity index (χ1n) is 13.5. The molecule has 8 nitrogen and oxygen atoms in total. The van der Waals surface area contributed by atoms with Crippen molar-refractivity contribution in [2.75, 3.05) is 4.90 Å². The van der Waals surface area contributed by atoms with Gasteiger partial charge in [0.25, 0.3) is 0 Å². The maximum Gasteiger partial charge on any atom is 0.249 e. The van der Waals surface area contributed by atoms with Gasteiger partial charge in [-0.3, -0.25) is 19.5 Å². The van der Waals surface area contributed by atoms with Crippen LogP contribution in [-0.2, 0) is 16.1 Å². The van der Waals surface area contributed by atoms with Crippen molar-refractivity contribution in [1.82, 2.24) is 25.3 Å². The van der Waals surface area contributed by atoms with Crippen LogP contribution in [-0.4, -0.2) is 37.3 Å². The van der Waals surface area contributed by atoms with E-state index in [9.17, 15) is 9.59 Å². The molecule has 1 unspecified atom stereocenters. The monoisotopic (exact) mass is 534 g/mol. The molecule has 5 rings (SSSR count). The highest BCUT2D eigenvalue weighted by atomic mass is 16.2. The molecule has 8 heteroatoms. The van der Waals surface area contributed by atoms with Gasteiger partial charge in [0, 0.05) is 22.8 Å². The van der Waals surface area contributed by atoms with Gasteiger partial charge in [0.1, 0.15) is 18.1 Å². The van der Waals surface area contributed by atoms with Crippen molar-refractivity contribution in [2.24, 2.45) is 0 Å². The first-order valence-corrected chi connectivity index (χ1v) is 13.5. The number of carbonyl (C=O) groups excluding carboxylic acids is 2. The minimum atomic E-state index is -0.932. The normalized spacial score (nSPS) is 12.4. The van der Waals surface area contributed by atoms with Crippen LogP contribution in [0.5, 0.6) is 0 Å². The molecule has 0 aliphatic rings. The fourth-order valence-corrected chi connectivity index (χ4v) is 4.81. The molecule has 0 saturated carbocycles. The molecule has 0 fully saturated rings. The third-order valence-electron chi connectivity index (χ3n) is 7.39. The van der Waals surface area contributed by atoms with Gasteiger partial charge in [-0.2, -0.15) is 0 Å². The molecule has 2 aromatic heterocycles. The summed E-state index contributed by atoms with van der Waals surface area (Å²) in [5.74, 6) is -0.530. The van der Waals surface area contributed by atoms with E-state index in [0.29, 0.717) is 16.8 Å². The topological polar surface area (TPSA) is 93.0 Å². The van der Waals surface area contributed by atoms with Crippen molar-refractivity contribution in [1.29, 1.82) is 0 Å². The first kappa shape index (κ1) is 27.0. The summed E-state index contributed by atoms with van der Waals surface area (Å²) in [5, 5.41) is 12.6. The molecule has 0 aliphatic heterocycles. The zero-order valence-corrected chi connectivity index (χ0v) is 23.5. The molecule has 1 N–H and O–H groups in total. The molecule has 1 atom stereocenters. The Bertz CT molecular complexity index is 1710. The van der Waals surface area contributed by atoms with E-state index in [2.05, 4.69) is 20.6 Å². The predicted octanol–water partition coefficient (Wildman–Crippen LogP) is 5.68. The van der Waals surface area contributed by atoms with Gasteiger partial charge in [-0.15, -0.1) is 5.10 Å². The van der Waals surface area contributed by atoms with Gasteiger partial charge in [0.15, 0.2) is 0 Å². The van der Waals surface area contributed by atoms with Gasteiger partial charge in [-0.05, 0) is 87.2 Å². The SMILES string of the molecule is CCC(C)(C)NC(=O)C(c1ccc2ncccc2c1)N(C(=O)Cn1nnc2ccccc21)c1cc(C)ccc1C. The summed E-state index contributed by atoms with van der Waals surface area (Å²) in [5.41, 5.74) is 5.05. The number of amides is 2. The number of aryl methyl sites for hydroxylation is 2. The quantitative estimate of drug-likeness (QED) is 0.277. The summed E-state index contributed by atoms with van der Waals surface area (Å²) in [6, 6.07) is 22.1. The number of hydrogen-bond donors (Lipinski definition) is 1. The lowest BCUT2D eigenvalue weighted by Crippen LogP contribution is -2.51. The minimum absolute atomic E-state index is 0.0794. The lowest BCUT2D eigenvalue weighted by Gasteiger charge is -2.35. The number of aromatic nitrogens is 4. The average molecular weight is 535 g/mol. The van der Waals surface area contributed by atoms with E-state index in [-0.39, 0.29) is 18.4 Å². The molecule has 0 bridgehead atoms. The van der Waals surface area contributed by atoms with Crippen LogP contribution in [0, 0.1) is 13.8 Å². The number of nitrogens with zero attached hydrogens (tertiary/aromatic N) is 5. The zero-order valence-electron chi connectivity index (χ0n) is 23.5.